The third-order valence-electron chi connectivity index (χ3n) is 6.51. The van der Waals surface area contributed by atoms with Crippen LogP contribution in [0.1, 0.15) is 37.6 Å². The normalized spacial score (nSPS) is 11.2. The third-order valence-corrected chi connectivity index (χ3v) is 6.51. The Hall–Kier alpha value is -5.11. The zero-order chi connectivity index (χ0) is 29.7. The van der Waals surface area contributed by atoms with E-state index in [-0.39, 0.29) is 6.61 Å². The first-order chi connectivity index (χ1) is 20.2. The maximum Gasteiger partial charge on any atom is 0.419 e. The molecular weight excluding hydrogens is 530 g/mol. The van der Waals surface area contributed by atoms with Gasteiger partial charge in [-0.15, -0.1) is 0 Å². The van der Waals surface area contributed by atoms with Crippen molar-refractivity contribution in [1.29, 1.82) is 0 Å². The second kappa shape index (κ2) is 12.2. The zero-order valence-electron chi connectivity index (χ0n) is 24.1. The number of hydrogen-bond donors (Lipinski definition) is 1. The fraction of sp³-hybridized carbons (Fsp3) is 0.206. The van der Waals surface area contributed by atoms with Crippen molar-refractivity contribution in [2.45, 2.75) is 39.4 Å². The van der Waals surface area contributed by atoms with Crippen LogP contribution in [0.25, 0.3) is 22.2 Å². The molecule has 0 saturated heterocycles. The number of anilines is 1. The van der Waals surface area contributed by atoms with E-state index in [0.717, 1.165) is 22.1 Å². The molecule has 5 rings (SSSR count). The van der Waals surface area contributed by atoms with Crippen molar-refractivity contribution in [1.82, 2.24) is 9.55 Å². The highest BCUT2D eigenvalue weighted by Crippen LogP contribution is 2.37. The van der Waals surface area contributed by atoms with Crippen molar-refractivity contribution in [3.05, 3.63) is 114 Å². The molecule has 0 radical (unpaired) electrons. The standard InChI is InChI=1S/C34H33N3O5/c1-34(2,3)42-33(39)37-29-21-26(40-4)18-19-27(29)28(31(37)24-14-9-6-10-15-24)20-25-16-11-17-30(35-25)36-32(38)41-22-23-12-7-5-8-13-23/h5-19,21H,20,22H2,1-4H3,(H,35,36,38). The van der Waals surface area contributed by atoms with E-state index in [1.807, 2.05) is 112 Å². The number of pyridine rings is 1. The summed E-state index contributed by atoms with van der Waals surface area (Å²) in [5, 5.41) is 3.58. The molecular formula is C34H33N3O5. The average Bonchev–Trinajstić information content (AvgIpc) is 3.29. The Bertz CT molecular complexity index is 1710. The molecule has 1 N–H and O–H groups in total. The minimum Gasteiger partial charge on any atom is -0.497 e. The molecule has 0 spiro atoms. The monoisotopic (exact) mass is 563 g/mol. The molecule has 0 unspecified atom stereocenters. The van der Waals surface area contributed by atoms with Crippen molar-refractivity contribution in [2.24, 2.45) is 0 Å². The average molecular weight is 564 g/mol. The minimum atomic E-state index is -0.697. The lowest BCUT2D eigenvalue weighted by molar-refractivity contribution is 0.0547. The van der Waals surface area contributed by atoms with Crippen molar-refractivity contribution < 1.29 is 23.8 Å². The van der Waals surface area contributed by atoms with Gasteiger partial charge in [0.1, 0.15) is 23.8 Å². The molecule has 42 heavy (non-hydrogen) atoms. The number of nitrogens with zero attached hydrogens (tertiary/aromatic N) is 2. The number of nitrogens with one attached hydrogen (secondary N) is 1. The van der Waals surface area contributed by atoms with E-state index in [1.54, 1.807) is 17.7 Å². The van der Waals surface area contributed by atoms with Gasteiger partial charge >= 0.3 is 12.2 Å². The van der Waals surface area contributed by atoms with Crippen molar-refractivity contribution in [3.63, 3.8) is 0 Å². The van der Waals surface area contributed by atoms with E-state index in [1.165, 1.54) is 0 Å². The molecule has 8 heteroatoms. The van der Waals surface area contributed by atoms with Gasteiger partial charge in [0.05, 0.1) is 18.3 Å². The van der Waals surface area contributed by atoms with Crippen LogP contribution in [0.4, 0.5) is 15.4 Å². The molecule has 0 bridgehead atoms. The summed E-state index contributed by atoms with van der Waals surface area (Å²) < 4.78 is 18.3. The summed E-state index contributed by atoms with van der Waals surface area (Å²) in [4.78, 5) is 30.9. The molecule has 0 aliphatic carbocycles. The van der Waals surface area contributed by atoms with Crippen LogP contribution in [-0.2, 0) is 22.5 Å². The molecule has 0 fully saturated rings. The van der Waals surface area contributed by atoms with Gasteiger partial charge in [0, 0.05) is 23.6 Å². The highest BCUT2D eigenvalue weighted by atomic mass is 16.6. The number of amides is 1. The quantitative estimate of drug-likeness (QED) is 0.217. The van der Waals surface area contributed by atoms with Crippen molar-refractivity contribution in [2.75, 3.05) is 12.4 Å². The van der Waals surface area contributed by atoms with E-state index >= 15 is 0 Å². The van der Waals surface area contributed by atoms with Gasteiger partial charge in [-0.1, -0.05) is 66.7 Å². The van der Waals surface area contributed by atoms with Crippen molar-refractivity contribution >= 4 is 28.9 Å². The van der Waals surface area contributed by atoms with Gasteiger partial charge in [0.2, 0.25) is 0 Å². The number of carbonyl (C=O) groups is 2. The Morgan fingerprint density at radius 3 is 2.29 bits per heavy atom. The van der Waals surface area contributed by atoms with Crippen LogP contribution in [0.5, 0.6) is 5.75 Å². The number of ether oxygens (including phenoxy) is 3. The van der Waals surface area contributed by atoms with Crippen LogP contribution < -0.4 is 10.1 Å². The van der Waals surface area contributed by atoms with Gasteiger partial charge in [0.15, 0.2) is 0 Å². The lowest BCUT2D eigenvalue weighted by Crippen LogP contribution is -2.27. The molecule has 214 valence electrons. The smallest absolute Gasteiger partial charge is 0.419 e. The maximum absolute atomic E-state index is 13.7. The Labute approximate surface area is 244 Å². The summed E-state index contributed by atoms with van der Waals surface area (Å²) in [5.74, 6) is 0.985. The Kier molecular flexibility index (Phi) is 8.24. The molecule has 5 aromatic rings. The van der Waals surface area contributed by atoms with Crippen LogP contribution in [0.2, 0.25) is 0 Å². The van der Waals surface area contributed by atoms with Gasteiger partial charge in [-0.25, -0.2) is 19.1 Å². The van der Waals surface area contributed by atoms with Gasteiger partial charge in [-0.2, -0.15) is 0 Å². The minimum absolute atomic E-state index is 0.153. The fourth-order valence-electron chi connectivity index (χ4n) is 4.73. The first-order valence-electron chi connectivity index (χ1n) is 13.7. The SMILES string of the molecule is COc1ccc2c(Cc3cccc(NC(=O)OCc4ccccc4)n3)c(-c3ccccc3)n(C(=O)OC(C)(C)C)c2c1. The third kappa shape index (κ3) is 6.61. The first kappa shape index (κ1) is 28.4. The lowest BCUT2D eigenvalue weighted by atomic mass is 10.0. The van der Waals surface area contributed by atoms with E-state index in [9.17, 15) is 9.59 Å². The first-order valence-corrected chi connectivity index (χ1v) is 13.7. The number of carbonyl (C=O) groups excluding carboxylic acids is 2. The molecule has 3 aromatic carbocycles. The van der Waals surface area contributed by atoms with E-state index in [0.29, 0.717) is 34.9 Å². The topological polar surface area (TPSA) is 91.7 Å². The number of benzene rings is 3. The second-order valence-corrected chi connectivity index (χ2v) is 10.8. The Balaban J connectivity index is 1.53. The number of rotatable bonds is 7. The fourth-order valence-corrected chi connectivity index (χ4v) is 4.73. The number of methoxy groups -OCH3 is 1. The maximum atomic E-state index is 13.7. The summed E-state index contributed by atoms with van der Waals surface area (Å²) in [6.45, 7) is 5.68. The van der Waals surface area contributed by atoms with E-state index < -0.39 is 17.8 Å². The predicted molar refractivity (Wildman–Crippen MR) is 163 cm³/mol. The van der Waals surface area contributed by atoms with Crippen LogP contribution in [0, 0.1) is 0 Å². The van der Waals surface area contributed by atoms with Crippen molar-refractivity contribution in [3.8, 4) is 17.0 Å². The van der Waals surface area contributed by atoms with Gasteiger partial charge in [-0.3, -0.25) is 5.32 Å². The number of fused-ring (bicyclic) bond motifs is 1. The Morgan fingerprint density at radius 1 is 0.881 bits per heavy atom. The molecule has 2 aromatic heterocycles. The summed E-state index contributed by atoms with van der Waals surface area (Å²) in [6, 6.07) is 30.3. The van der Waals surface area contributed by atoms with E-state index in [2.05, 4.69) is 10.3 Å². The highest BCUT2D eigenvalue weighted by Gasteiger charge is 2.27. The molecule has 0 saturated carbocycles. The Morgan fingerprint density at radius 2 is 1.60 bits per heavy atom. The molecule has 8 nitrogen and oxygen atoms in total. The van der Waals surface area contributed by atoms with Crippen LogP contribution in [0.3, 0.4) is 0 Å². The lowest BCUT2D eigenvalue weighted by Gasteiger charge is -2.21. The summed E-state index contributed by atoms with van der Waals surface area (Å²) >= 11 is 0. The molecule has 0 aliphatic heterocycles. The summed E-state index contributed by atoms with van der Waals surface area (Å²) in [6.07, 6.45) is -0.699. The number of hydrogen-bond acceptors (Lipinski definition) is 6. The predicted octanol–water partition coefficient (Wildman–Crippen LogP) is 7.83. The highest BCUT2D eigenvalue weighted by molar-refractivity contribution is 6.00. The molecule has 2 heterocycles. The van der Waals surface area contributed by atoms with Gasteiger partial charge in [0.25, 0.3) is 0 Å². The summed E-state index contributed by atoms with van der Waals surface area (Å²) in [5.41, 5.74) is 4.00. The van der Waals surface area contributed by atoms with Crippen LogP contribution >= 0.6 is 0 Å². The van der Waals surface area contributed by atoms with Gasteiger partial charge < -0.3 is 14.2 Å². The van der Waals surface area contributed by atoms with Gasteiger partial charge in [-0.05, 0) is 61.7 Å². The zero-order valence-corrected chi connectivity index (χ0v) is 24.1. The second-order valence-electron chi connectivity index (χ2n) is 10.8. The number of aromatic nitrogens is 2. The summed E-state index contributed by atoms with van der Waals surface area (Å²) in [7, 11) is 1.59. The molecule has 0 atom stereocenters. The van der Waals surface area contributed by atoms with Crippen LogP contribution in [-0.4, -0.2) is 34.4 Å². The molecule has 0 aliphatic rings. The van der Waals surface area contributed by atoms with E-state index in [4.69, 9.17) is 14.2 Å². The molecule has 1 amide bonds. The largest absolute Gasteiger partial charge is 0.497 e. The van der Waals surface area contributed by atoms with Crippen LogP contribution in [0.15, 0.2) is 97.1 Å².